The molecule has 5 fully saturated rings. The number of likely N-dealkylation sites (N-methyl/N-ethyl adjacent to an activating group) is 1. The van der Waals surface area contributed by atoms with Gasteiger partial charge >= 0.3 is 0 Å². The molecule has 1 spiro atoms. The van der Waals surface area contributed by atoms with Crippen LogP contribution in [0.5, 0.6) is 0 Å². The zero-order chi connectivity index (χ0) is 20.8. The Kier molecular flexibility index (Phi) is 5.44. The first-order chi connectivity index (χ1) is 13.8. The quantitative estimate of drug-likeness (QED) is 0.657. The van der Waals surface area contributed by atoms with Crippen molar-refractivity contribution in [2.75, 3.05) is 46.8 Å². The number of nitrogens with zero attached hydrogens (tertiary/aromatic N) is 4. The Morgan fingerprint density at radius 1 is 1.03 bits per heavy atom. The highest BCUT2D eigenvalue weighted by atomic mass is 16.2. The number of hydrogen-bond donors (Lipinski definition) is 0. The molecule has 0 aromatic rings. The van der Waals surface area contributed by atoms with Crippen molar-refractivity contribution in [3.05, 3.63) is 12.2 Å². The van der Waals surface area contributed by atoms with Gasteiger partial charge in [-0.15, -0.1) is 0 Å². The summed E-state index contributed by atoms with van der Waals surface area (Å²) in [6, 6.07) is 0.365. The molecule has 7 nitrogen and oxygen atoms in total. The average molecular weight is 403 g/mol. The van der Waals surface area contributed by atoms with Crippen LogP contribution in [0.25, 0.3) is 0 Å². The molecule has 2 atom stereocenters. The second kappa shape index (κ2) is 7.74. The third kappa shape index (κ3) is 3.93. The summed E-state index contributed by atoms with van der Waals surface area (Å²) >= 11 is 0. The number of piperazine rings is 1. The minimum Gasteiger partial charge on any atom is -0.343 e. The van der Waals surface area contributed by atoms with Crippen molar-refractivity contribution < 1.29 is 14.4 Å². The van der Waals surface area contributed by atoms with Crippen molar-refractivity contribution >= 4 is 17.7 Å². The fourth-order valence-corrected chi connectivity index (χ4v) is 5.72. The summed E-state index contributed by atoms with van der Waals surface area (Å²) < 4.78 is 0. The molecule has 1 saturated carbocycles. The van der Waals surface area contributed by atoms with E-state index in [1.807, 2.05) is 39.8 Å². The Bertz CT molecular complexity index is 691. The van der Waals surface area contributed by atoms with Gasteiger partial charge in [0.2, 0.25) is 17.7 Å². The summed E-state index contributed by atoms with van der Waals surface area (Å²) in [5, 5.41) is 0. The van der Waals surface area contributed by atoms with Gasteiger partial charge in [0.05, 0.1) is 12.1 Å². The third-order valence-corrected chi connectivity index (χ3v) is 7.47. The monoisotopic (exact) mass is 402 g/mol. The molecule has 4 heterocycles. The number of piperidine rings is 2. The summed E-state index contributed by atoms with van der Waals surface area (Å²) in [4.78, 5) is 44.9. The number of amides is 3. The van der Waals surface area contributed by atoms with Crippen molar-refractivity contribution in [1.29, 1.82) is 0 Å². The smallest absolute Gasteiger partial charge is 0.246 e. The van der Waals surface area contributed by atoms with Crippen molar-refractivity contribution in [3.63, 3.8) is 0 Å². The van der Waals surface area contributed by atoms with Crippen LogP contribution >= 0.6 is 0 Å². The van der Waals surface area contributed by atoms with Gasteiger partial charge in [0.1, 0.15) is 0 Å². The minimum atomic E-state index is 0.0834. The SMILES string of the molecule is CC(=O)N1CCC2(CC1)CC(C(=O)N1CC3CC(C1)N3C(=O)/C=C/CN(C)C)C2. The van der Waals surface area contributed by atoms with E-state index in [1.54, 1.807) is 13.0 Å². The molecule has 4 saturated heterocycles. The fraction of sp³-hybridized carbons (Fsp3) is 0.773. The van der Waals surface area contributed by atoms with Gasteiger partial charge in [-0.2, -0.15) is 0 Å². The van der Waals surface area contributed by atoms with E-state index in [1.165, 1.54) is 0 Å². The van der Waals surface area contributed by atoms with Gasteiger partial charge in [-0.25, -0.2) is 0 Å². The number of carbonyl (C=O) groups excluding carboxylic acids is 3. The van der Waals surface area contributed by atoms with Crippen LogP contribution in [0.4, 0.5) is 0 Å². The molecule has 5 rings (SSSR count). The third-order valence-electron chi connectivity index (χ3n) is 7.47. The van der Waals surface area contributed by atoms with E-state index in [-0.39, 0.29) is 41.1 Å². The van der Waals surface area contributed by atoms with Crippen LogP contribution in [0.2, 0.25) is 0 Å². The second-order valence-corrected chi connectivity index (χ2v) is 9.81. The first kappa shape index (κ1) is 20.4. The van der Waals surface area contributed by atoms with Gasteiger partial charge in [-0.3, -0.25) is 14.4 Å². The van der Waals surface area contributed by atoms with E-state index in [0.29, 0.717) is 13.1 Å². The van der Waals surface area contributed by atoms with Crippen LogP contribution in [0.15, 0.2) is 12.2 Å². The summed E-state index contributed by atoms with van der Waals surface area (Å²) in [7, 11) is 3.96. The van der Waals surface area contributed by atoms with Crippen molar-refractivity contribution in [3.8, 4) is 0 Å². The highest BCUT2D eigenvalue weighted by molar-refractivity contribution is 5.89. The summed E-state index contributed by atoms with van der Waals surface area (Å²) in [6.07, 6.45) is 8.61. The largest absolute Gasteiger partial charge is 0.343 e. The van der Waals surface area contributed by atoms with Crippen LogP contribution in [0.3, 0.4) is 0 Å². The molecule has 2 unspecified atom stereocenters. The first-order valence-corrected chi connectivity index (χ1v) is 11.0. The maximum Gasteiger partial charge on any atom is 0.246 e. The number of carbonyl (C=O) groups is 3. The number of fused-ring (bicyclic) bond motifs is 2. The number of hydrogen-bond acceptors (Lipinski definition) is 4. The van der Waals surface area contributed by atoms with E-state index >= 15 is 0 Å². The van der Waals surface area contributed by atoms with Gasteiger partial charge in [-0.05, 0) is 51.6 Å². The zero-order valence-electron chi connectivity index (χ0n) is 18.0. The van der Waals surface area contributed by atoms with E-state index in [4.69, 9.17) is 0 Å². The fourth-order valence-electron chi connectivity index (χ4n) is 5.72. The predicted molar refractivity (Wildman–Crippen MR) is 110 cm³/mol. The second-order valence-electron chi connectivity index (χ2n) is 9.81. The minimum absolute atomic E-state index is 0.0834. The van der Waals surface area contributed by atoms with Crippen molar-refractivity contribution in [2.24, 2.45) is 11.3 Å². The predicted octanol–water partition coefficient (Wildman–Crippen LogP) is 0.955. The lowest BCUT2D eigenvalue weighted by Crippen LogP contribution is -2.71. The number of likely N-dealkylation sites (tertiary alicyclic amines) is 1. The van der Waals surface area contributed by atoms with Crippen LogP contribution in [-0.4, -0.2) is 96.2 Å². The molecule has 160 valence electrons. The molecule has 4 aliphatic heterocycles. The van der Waals surface area contributed by atoms with E-state index in [9.17, 15) is 14.4 Å². The Balaban J connectivity index is 1.24. The summed E-state index contributed by atoms with van der Waals surface area (Å²) in [5.41, 5.74) is 0.282. The maximum absolute atomic E-state index is 13.0. The van der Waals surface area contributed by atoms with Gasteiger partial charge in [0, 0.05) is 51.6 Å². The van der Waals surface area contributed by atoms with E-state index in [0.717, 1.165) is 51.7 Å². The van der Waals surface area contributed by atoms with Gasteiger partial charge < -0.3 is 19.6 Å². The van der Waals surface area contributed by atoms with Gasteiger partial charge in [0.25, 0.3) is 0 Å². The Morgan fingerprint density at radius 3 is 2.21 bits per heavy atom. The first-order valence-electron chi connectivity index (χ1n) is 11.0. The van der Waals surface area contributed by atoms with Crippen molar-refractivity contribution in [1.82, 2.24) is 19.6 Å². The highest BCUT2D eigenvalue weighted by Gasteiger charge is 2.53. The lowest BCUT2D eigenvalue weighted by molar-refractivity contribution is -0.164. The molecule has 0 N–H and O–H groups in total. The maximum atomic E-state index is 13.0. The molecule has 1 aliphatic carbocycles. The molecule has 0 radical (unpaired) electrons. The molecule has 29 heavy (non-hydrogen) atoms. The topological polar surface area (TPSA) is 64.2 Å². The molecule has 7 heteroatoms. The van der Waals surface area contributed by atoms with Crippen LogP contribution in [-0.2, 0) is 14.4 Å². The highest BCUT2D eigenvalue weighted by Crippen LogP contribution is 2.53. The molecule has 2 bridgehead atoms. The van der Waals surface area contributed by atoms with Crippen LogP contribution in [0.1, 0.15) is 39.0 Å². The van der Waals surface area contributed by atoms with E-state index in [2.05, 4.69) is 0 Å². The van der Waals surface area contributed by atoms with E-state index < -0.39 is 0 Å². The molecular formula is C22H34N4O3. The van der Waals surface area contributed by atoms with Gasteiger partial charge in [0.15, 0.2) is 0 Å². The summed E-state index contributed by atoms with van der Waals surface area (Å²) in [5.74, 6) is 0.671. The molecule has 0 aromatic carbocycles. The lowest BCUT2D eigenvalue weighted by atomic mass is 9.57. The van der Waals surface area contributed by atoms with Crippen LogP contribution < -0.4 is 0 Å². The average Bonchev–Trinajstić information content (AvgIpc) is 2.65. The summed E-state index contributed by atoms with van der Waals surface area (Å²) in [6.45, 7) is 5.44. The lowest BCUT2D eigenvalue weighted by Gasteiger charge is -2.58. The number of rotatable bonds is 4. The Morgan fingerprint density at radius 2 is 1.66 bits per heavy atom. The van der Waals surface area contributed by atoms with Gasteiger partial charge in [-0.1, -0.05) is 6.08 Å². The normalized spacial score (nSPS) is 28.6. The Hall–Kier alpha value is -1.89. The standard InChI is InChI=1S/C22H34N4O3/c1-16(27)24-9-6-22(7-10-24)12-17(13-22)21(29)25-14-18-11-19(15-25)26(18)20(28)5-4-8-23(2)3/h4-5,17-19H,6-15H2,1-3H3/b5-4+. The van der Waals surface area contributed by atoms with Crippen molar-refractivity contribution in [2.45, 2.75) is 51.1 Å². The Labute approximate surface area is 173 Å². The molecule has 0 aromatic heterocycles. The molecule has 5 aliphatic rings. The molecule has 3 amide bonds. The zero-order valence-corrected chi connectivity index (χ0v) is 18.0. The van der Waals surface area contributed by atoms with Crippen LogP contribution in [0, 0.1) is 11.3 Å². The molecular weight excluding hydrogens is 368 g/mol.